The van der Waals surface area contributed by atoms with Crippen molar-refractivity contribution in [1.82, 2.24) is 0 Å². The van der Waals surface area contributed by atoms with Gasteiger partial charge < -0.3 is 10.2 Å². The number of phenolic OH excluding ortho intramolecular Hbond substituents is 2. The van der Waals surface area contributed by atoms with Crippen molar-refractivity contribution in [2.75, 3.05) is 0 Å². The lowest BCUT2D eigenvalue weighted by molar-refractivity contribution is 0.465. The Morgan fingerprint density at radius 3 is 1.75 bits per heavy atom. The van der Waals surface area contributed by atoms with E-state index in [-0.39, 0.29) is 5.41 Å². The van der Waals surface area contributed by atoms with E-state index in [0.717, 1.165) is 30.4 Å². The summed E-state index contributed by atoms with van der Waals surface area (Å²) in [5.74, 6) is 0.637. The molecular weight excluding hydrogens is 392 g/mol. The fraction of sp³-hybridized carbons (Fsp3) is 0.400. The Morgan fingerprint density at radius 2 is 1.22 bits per heavy atom. The molecule has 1 aliphatic rings. The van der Waals surface area contributed by atoms with Crippen molar-refractivity contribution in [3.63, 3.8) is 0 Å². The second-order valence-electron chi connectivity index (χ2n) is 9.06. The van der Waals surface area contributed by atoms with Gasteiger partial charge in [-0.15, -0.1) is 13.2 Å². The number of allylic oxidation sites excluding steroid dienone is 4. The highest BCUT2D eigenvalue weighted by atomic mass is 16.3. The Hall–Kier alpha value is -2.74. The van der Waals surface area contributed by atoms with Gasteiger partial charge in [-0.3, -0.25) is 0 Å². The van der Waals surface area contributed by atoms with Crippen LogP contribution in [0.1, 0.15) is 80.0 Å². The zero-order valence-electron chi connectivity index (χ0n) is 19.4. The van der Waals surface area contributed by atoms with Crippen molar-refractivity contribution in [3.05, 3.63) is 96.1 Å². The van der Waals surface area contributed by atoms with Gasteiger partial charge in [-0.05, 0) is 66.5 Å². The van der Waals surface area contributed by atoms with Crippen molar-refractivity contribution in [3.8, 4) is 11.5 Å². The fourth-order valence-corrected chi connectivity index (χ4v) is 4.93. The smallest absolute Gasteiger partial charge is 0.119 e. The van der Waals surface area contributed by atoms with Crippen LogP contribution >= 0.6 is 0 Å². The zero-order chi connectivity index (χ0) is 22.8. The first-order valence-electron chi connectivity index (χ1n) is 12.1. The predicted octanol–water partition coefficient (Wildman–Crippen LogP) is 7.92. The molecule has 2 aromatic carbocycles. The summed E-state index contributed by atoms with van der Waals surface area (Å²) in [4.78, 5) is 0. The molecule has 1 aliphatic carbocycles. The van der Waals surface area contributed by atoms with Gasteiger partial charge in [0.25, 0.3) is 0 Å². The molecule has 2 heteroatoms. The maximum Gasteiger partial charge on any atom is 0.119 e. The van der Waals surface area contributed by atoms with E-state index in [2.05, 4.69) is 49.6 Å². The number of hydrogen-bond acceptors (Lipinski definition) is 2. The molecule has 0 spiro atoms. The molecule has 0 amide bonds. The highest BCUT2D eigenvalue weighted by molar-refractivity contribution is 5.51. The minimum atomic E-state index is -0.299. The SMILES string of the molecule is C=CCc1cc(C2(c3ccc(O)c(CC=C)c3)/C=C\CCCCCCCCC2)ccc1O. The van der Waals surface area contributed by atoms with Gasteiger partial charge >= 0.3 is 0 Å². The standard InChI is InChI=1S/C30H38O2/c1-3-14-24-22-26(16-18-28(24)31)30(27-17-19-29(32)25(23-27)15-4-2)20-12-10-8-6-5-7-9-11-13-21-30/h3-4,12,16-20,22-23,31-32H,1-2,5-11,13-15,21H2/b20-12-. The molecule has 0 heterocycles. The molecule has 0 aliphatic heterocycles. The summed E-state index contributed by atoms with van der Waals surface area (Å²) in [5, 5.41) is 20.8. The summed E-state index contributed by atoms with van der Waals surface area (Å²) < 4.78 is 0. The van der Waals surface area contributed by atoms with Crippen LogP contribution in [0.15, 0.2) is 73.9 Å². The third-order valence-corrected chi connectivity index (χ3v) is 6.76. The van der Waals surface area contributed by atoms with Crippen molar-refractivity contribution in [2.45, 2.75) is 76.0 Å². The van der Waals surface area contributed by atoms with Crippen LogP contribution in [0.3, 0.4) is 0 Å². The molecule has 0 saturated heterocycles. The molecule has 0 saturated carbocycles. The van der Waals surface area contributed by atoms with E-state index in [0.29, 0.717) is 24.3 Å². The van der Waals surface area contributed by atoms with Crippen LogP contribution in [0.2, 0.25) is 0 Å². The Balaban J connectivity index is 2.17. The lowest BCUT2D eigenvalue weighted by Gasteiger charge is -2.34. The summed E-state index contributed by atoms with van der Waals surface area (Å²) in [6.45, 7) is 7.73. The summed E-state index contributed by atoms with van der Waals surface area (Å²) in [6.07, 6.45) is 20.6. The Kier molecular flexibility index (Phi) is 8.79. The third kappa shape index (κ3) is 5.73. The van der Waals surface area contributed by atoms with Gasteiger partial charge in [-0.2, -0.15) is 0 Å². The van der Waals surface area contributed by atoms with Gasteiger partial charge in [-0.25, -0.2) is 0 Å². The van der Waals surface area contributed by atoms with Crippen molar-refractivity contribution < 1.29 is 10.2 Å². The van der Waals surface area contributed by atoms with Crippen molar-refractivity contribution in [1.29, 1.82) is 0 Å². The average molecular weight is 431 g/mol. The second-order valence-corrected chi connectivity index (χ2v) is 9.06. The summed E-state index contributed by atoms with van der Waals surface area (Å²) in [7, 11) is 0. The summed E-state index contributed by atoms with van der Waals surface area (Å²) in [6, 6.07) is 12.1. The molecule has 3 rings (SSSR count). The van der Waals surface area contributed by atoms with Crippen molar-refractivity contribution in [2.24, 2.45) is 0 Å². The number of hydrogen-bond donors (Lipinski definition) is 2. The molecule has 0 atom stereocenters. The van der Waals surface area contributed by atoms with Crippen LogP contribution < -0.4 is 0 Å². The molecule has 0 bridgehead atoms. The van der Waals surface area contributed by atoms with Crippen LogP contribution in [0.4, 0.5) is 0 Å². The maximum atomic E-state index is 10.4. The van der Waals surface area contributed by atoms with Crippen molar-refractivity contribution >= 4 is 0 Å². The van der Waals surface area contributed by atoms with Crippen LogP contribution in [-0.4, -0.2) is 10.2 Å². The van der Waals surface area contributed by atoms with Gasteiger partial charge in [0.05, 0.1) is 0 Å². The van der Waals surface area contributed by atoms with E-state index >= 15 is 0 Å². The number of aromatic hydroxyl groups is 2. The quantitative estimate of drug-likeness (QED) is 0.457. The Labute approximate surface area is 194 Å². The van der Waals surface area contributed by atoms with Crippen LogP contribution in [0, 0.1) is 0 Å². The zero-order valence-corrected chi connectivity index (χ0v) is 19.4. The van der Waals surface area contributed by atoms with E-state index < -0.39 is 0 Å². The lowest BCUT2D eigenvalue weighted by Crippen LogP contribution is -2.26. The lowest BCUT2D eigenvalue weighted by atomic mass is 9.69. The maximum absolute atomic E-state index is 10.4. The minimum absolute atomic E-state index is 0.299. The molecule has 0 aromatic heterocycles. The highest BCUT2D eigenvalue weighted by Crippen LogP contribution is 2.42. The van der Waals surface area contributed by atoms with Gasteiger partial charge in [-0.1, -0.05) is 87.1 Å². The number of benzene rings is 2. The molecular formula is C30H38O2. The second kappa shape index (κ2) is 11.8. The monoisotopic (exact) mass is 430 g/mol. The molecule has 0 unspecified atom stereocenters. The molecule has 0 fully saturated rings. The topological polar surface area (TPSA) is 40.5 Å². The number of phenols is 2. The minimum Gasteiger partial charge on any atom is -0.508 e. The fourth-order valence-electron chi connectivity index (χ4n) is 4.93. The van der Waals surface area contributed by atoms with Gasteiger partial charge in [0.2, 0.25) is 0 Å². The third-order valence-electron chi connectivity index (χ3n) is 6.76. The Morgan fingerprint density at radius 1 is 0.719 bits per heavy atom. The predicted molar refractivity (Wildman–Crippen MR) is 135 cm³/mol. The van der Waals surface area contributed by atoms with Crippen LogP contribution in [-0.2, 0) is 18.3 Å². The van der Waals surface area contributed by atoms with Crippen LogP contribution in [0.5, 0.6) is 11.5 Å². The van der Waals surface area contributed by atoms with Gasteiger partial charge in [0, 0.05) is 5.41 Å². The van der Waals surface area contributed by atoms with E-state index in [4.69, 9.17) is 0 Å². The van der Waals surface area contributed by atoms with Gasteiger partial charge in [0.15, 0.2) is 0 Å². The number of rotatable bonds is 6. The first-order valence-corrected chi connectivity index (χ1v) is 12.1. The normalized spacial score (nSPS) is 18.1. The van der Waals surface area contributed by atoms with E-state index in [9.17, 15) is 10.2 Å². The summed E-state index contributed by atoms with van der Waals surface area (Å²) >= 11 is 0. The average Bonchev–Trinajstić information content (AvgIpc) is 2.78. The van der Waals surface area contributed by atoms with E-state index in [1.807, 2.05) is 24.3 Å². The molecule has 2 nitrogen and oxygen atoms in total. The molecule has 32 heavy (non-hydrogen) atoms. The van der Waals surface area contributed by atoms with Gasteiger partial charge in [0.1, 0.15) is 11.5 Å². The van der Waals surface area contributed by atoms with Crippen LogP contribution in [0.25, 0.3) is 0 Å². The summed E-state index contributed by atoms with van der Waals surface area (Å²) in [5.41, 5.74) is 3.89. The molecule has 0 radical (unpaired) electrons. The molecule has 2 aromatic rings. The largest absolute Gasteiger partial charge is 0.508 e. The van der Waals surface area contributed by atoms with E-state index in [1.54, 1.807) is 0 Å². The Bertz CT molecular complexity index is 878. The molecule has 170 valence electrons. The first-order chi connectivity index (χ1) is 15.6. The van der Waals surface area contributed by atoms with E-state index in [1.165, 1.54) is 49.7 Å². The first kappa shape index (κ1) is 23.9. The molecule has 2 N–H and O–H groups in total. The highest BCUT2D eigenvalue weighted by Gasteiger charge is 2.32.